The summed E-state index contributed by atoms with van der Waals surface area (Å²) in [5.41, 5.74) is 1.24. The molecule has 0 saturated heterocycles. The molecule has 0 fully saturated rings. The van der Waals surface area contributed by atoms with E-state index in [9.17, 15) is 4.79 Å². The van der Waals surface area contributed by atoms with E-state index >= 15 is 0 Å². The standard InChI is InChI=1S/C15H24N2OS/c1-15(2,3)10-13(12-6-5-8-16-11-12)17-14(18)7-9-19-4/h5-6,8,11,13H,7,9-10H2,1-4H3,(H,17,18). The molecule has 0 radical (unpaired) electrons. The predicted octanol–water partition coefficient (Wildman–Crippen LogP) is 3.43. The molecule has 19 heavy (non-hydrogen) atoms. The Morgan fingerprint density at radius 1 is 1.47 bits per heavy atom. The lowest BCUT2D eigenvalue weighted by molar-refractivity contribution is -0.121. The third kappa shape index (κ3) is 6.62. The van der Waals surface area contributed by atoms with Crippen LogP contribution in [-0.2, 0) is 4.79 Å². The quantitative estimate of drug-likeness (QED) is 0.868. The maximum atomic E-state index is 11.9. The molecule has 4 heteroatoms. The summed E-state index contributed by atoms with van der Waals surface area (Å²) >= 11 is 1.69. The van der Waals surface area contributed by atoms with Crippen LogP contribution in [0.15, 0.2) is 24.5 Å². The van der Waals surface area contributed by atoms with E-state index in [-0.39, 0.29) is 17.4 Å². The van der Waals surface area contributed by atoms with Gasteiger partial charge < -0.3 is 5.32 Å². The van der Waals surface area contributed by atoms with Crippen molar-refractivity contribution >= 4 is 17.7 Å². The first kappa shape index (κ1) is 16.0. The Balaban J connectivity index is 2.73. The van der Waals surface area contributed by atoms with Gasteiger partial charge in [-0.3, -0.25) is 9.78 Å². The van der Waals surface area contributed by atoms with Crippen LogP contribution in [0.1, 0.15) is 45.2 Å². The van der Waals surface area contributed by atoms with Gasteiger partial charge in [0.2, 0.25) is 5.91 Å². The number of hydrogen-bond acceptors (Lipinski definition) is 3. The molecule has 0 aliphatic rings. The molecule has 1 atom stereocenters. The number of rotatable bonds is 6. The maximum Gasteiger partial charge on any atom is 0.221 e. The first-order valence-corrected chi connectivity index (χ1v) is 8.00. The van der Waals surface area contributed by atoms with Crippen LogP contribution in [0, 0.1) is 5.41 Å². The van der Waals surface area contributed by atoms with Gasteiger partial charge in [0.15, 0.2) is 0 Å². The van der Waals surface area contributed by atoms with Crippen molar-refractivity contribution in [3.05, 3.63) is 30.1 Å². The van der Waals surface area contributed by atoms with Gasteiger partial charge in [-0.25, -0.2) is 0 Å². The number of thioether (sulfide) groups is 1. The Kier molecular flexibility index (Phi) is 6.35. The van der Waals surface area contributed by atoms with E-state index in [1.807, 2.05) is 24.6 Å². The highest BCUT2D eigenvalue weighted by Crippen LogP contribution is 2.29. The third-order valence-electron chi connectivity index (χ3n) is 2.77. The van der Waals surface area contributed by atoms with Gasteiger partial charge in [0.25, 0.3) is 0 Å². The van der Waals surface area contributed by atoms with Crippen LogP contribution >= 0.6 is 11.8 Å². The van der Waals surface area contributed by atoms with E-state index in [4.69, 9.17) is 0 Å². The molecule has 1 N–H and O–H groups in total. The average Bonchev–Trinajstić information content (AvgIpc) is 2.35. The van der Waals surface area contributed by atoms with E-state index in [1.54, 1.807) is 18.0 Å². The molecule has 3 nitrogen and oxygen atoms in total. The van der Waals surface area contributed by atoms with Crippen molar-refractivity contribution in [1.82, 2.24) is 10.3 Å². The molecule has 106 valence electrons. The van der Waals surface area contributed by atoms with Crippen LogP contribution in [-0.4, -0.2) is 22.9 Å². The number of aromatic nitrogens is 1. The second kappa shape index (κ2) is 7.53. The molecule has 0 aliphatic heterocycles. The Hall–Kier alpha value is -1.03. The Morgan fingerprint density at radius 3 is 2.74 bits per heavy atom. The topological polar surface area (TPSA) is 42.0 Å². The van der Waals surface area contributed by atoms with Gasteiger partial charge in [-0.1, -0.05) is 26.8 Å². The SMILES string of the molecule is CSCCC(=O)NC(CC(C)(C)C)c1cccnc1. The number of amides is 1. The summed E-state index contributed by atoms with van der Waals surface area (Å²) in [6, 6.07) is 3.99. The molecule has 0 spiro atoms. The van der Waals surface area contributed by atoms with Gasteiger partial charge in [-0.05, 0) is 29.7 Å². The number of nitrogens with one attached hydrogen (secondary N) is 1. The van der Waals surface area contributed by atoms with Crippen molar-refractivity contribution in [3.63, 3.8) is 0 Å². The maximum absolute atomic E-state index is 11.9. The van der Waals surface area contributed by atoms with Crippen molar-refractivity contribution in [1.29, 1.82) is 0 Å². The van der Waals surface area contributed by atoms with Crippen molar-refractivity contribution in [2.24, 2.45) is 5.41 Å². The fourth-order valence-corrected chi connectivity index (χ4v) is 2.30. The summed E-state index contributed by atoms with van der Waals surface area (Å²) in [7, 11) is 0. The van der Waals surface area contributed by atoms with Crippen molar-refractivity contribution in [3.8, 4) is 0 Å². The molecule has 1 aromatic heterocycles. The number of carbonyl (C=O) groups is 1. The number of carbonyl (C=O) groups excluding carboxylic acids is 1. The largest absolute Gasteiger partial charge is 0.349 e. The summed E-state index contributed by atoms with van der Waals surface area (Å²) in [6.07, 6.45) is 7.09. The predicted molar refractivity (Wildman–Crippen MR) is 82.2 cm³/mol. The molecule has 0 aromatic carbocycles. The zero-order chi connectivity index (χ0) is 14.3. The smallest absolute Gasteiger partial charge is 0.221 e. The van der Waals surface area contributed by atoms with Crippen LogP contribution in [0.5, 0.6) is 0 Å². The van der Waals surface area contributed by atoms with Crippen molar-refractivity contribution < 1.29 is 4.79 Å². The van der Waals surface area contributed by atoms with Gasteiger partial charge in [0.05, 0.1) is 6.04 Å². The summed E-state index contributed by atoms with van der Waals surface area (Å²) in [4.78, 5) is 16.1. The number of hydrogen-bond donors (Lipinski definition) is 1. The Morgan fingerprint density at radius 2 is 2.21 bits per heavy atom. The molecule has 1 aromatic rings. The number of nitrogens with zero attached hydrogens (tertiary/aromatic N) is 1. The summed E-state index contributed by atoms with van der Waals surface area (Å²) < 4.78 is 0. The molecule has 0 aliphatic carbocycles. The van der Waals surface area contributed by atoms with Gasteiger partial charge in [0.1, 0.15) is 0 Å². The third-order valence-corrected chi connectivity index (χ3v) is 3.38. The van der Waals surface area contributed by atoms with E-state index in [0.29, 0.717) is 6.42 Å². The minimum atomic E-state index is 0.0445. The highest BCUT2D eigenvalue weighted by molar-refractivity contribution is 7.98. The van der Waals surface area contributed by atoms with Gasteiger partial charge >= 0.3 is 0 Å². The van der Waals surface area contributed by atoms with Gasteiger partial charge in [-0.15, -0.1) is 0 Å². The lowest BCUT2D eigenvalue weighted by atomic mass is 9.86. The van der Waals surface area contributed by atoms with Crippen molar-refractivity contribution in [2.75, 3.05) is 12.0 Å². The van der Waals surface area contributed by atoms with Gasteiger partial charge in [0, 0.05) is 24.6 Å². The molecule has 1 rings (SSSR count). The summed E-state index contributed by atoms with van der Waals surface area (Å²) in [6.45, 7) is 6.55. The molecule has 1 unspecified atom stereocenters. The molecule has 0 saturated carbocycles. The fraction of sp³-hybridized carbons (Fsp3) is 0.600. The first-order chi connectivity index (χ1) is 8.92. The van der Waals surface area contributed by atoms with Crippen LogP contribution < -0.4 is 5.32 Å². The average molecular weight is 280 g/mol. The van der Waals surface area contributed by atoms with Crippen LogP contribution in [0.25, 0.3) is 0 Å². The molecule has 1 heterocycles. The van der Waals surface area contributed by atoms with E-state index in [1.165, 1.54) is 0 Å². The molecule has 0 bridgehead atoms. The van der Waals surface area contributed by atoms with Crippen LogP contribution in [0.3, 0.4) is 0 Å². The van der Waals surface area contributed by atoms with Gasteiger partial charge in [-0.2, -0.15) is 11.8 Å². The van der Waals surface area contributed by atoms with Crippen molar-refractivity contribution in [2.45, 2.75) is 39.7 Å². The normalized spacial score (nSPS) is 13.1. The lowest BCUT2D eigenvalue weighted by Crippen LogP contribution is -2.31. The zero-order valence-electron chi connectivity index (χ0n) is 12.3. The summed E-state index contributed by atoms with van der Waals surface area (Å²) in [5.74, 6) is 0.980. The fourth-order valence-electron chi connectivity index (χ4n) is 1.91. The molecule has 1 amide bonds. The zero-order valence-corrected chi connectivity index (χ0v) is 13.1. The second-order valence-electron chi connectivity index (χ2n) is 5.91. The highest BCUT2D eigenvalue weighted by Gasteiger charge is 2.21. The van der Waals surface area contributed by atoms with Crippen LogP contribution in [0.4, 0.5) is 0 Å². The Labute approximate surface area is 120 Å². The van der Waals surface area contributed by atoms with E-state index in [2.05, 4.69) is 31.1 Å². The summed E-state index contributed by atoms with van der Waals surface area (Å²) in [5, 5.41) is 3.13. The molecular weight excluding hydrogens is 256 g/mol. The lowest BCUT2D eigenvalue weighted by Gasteiger charge is -2.27. The minimum absolute atomic E-state index is 0.0445. The number of pyridine rings is 1. The molecular formula is C15H24N2OS. The second-order valence-corrected chi connectivity index (χ2v) is 6.90. The van der Waals surface area contributed by atoms with E-state index in [0.717, 1.165) is 17.7 Å². The van der Waals surface area contributed by atoms with Crippen LogP contribution in [0.2, 0.25) is 0 Å². The Bertz CT molecular complexity index is 387. The van der Waals surface area contributed by atoms with E-state index < -0.39 is 0 Å². The first-order valence-electron chi connectivity index (χ1n) is 6.60. The minimum Gasteiger partial charge on any atom is -0.349 e. The monoisotopic (exact) mass is 280 g/mol. The highest BCUT2D eigenvalue weighted by atomic mass is 32.2.